The lowest BCUT2D eigenvalue weighted by Crippen LogP contribution is -2.18. The van der Waals surface area contributed by atoms with Gasteiger partial charge in [0.15, 0.2) is 0 Å². The predicted molar refractivity (Wildman–Crippen MR) is 194 cm³/mol. The third-order valence-electron chi connectivity index (χ3n) is 9.16. The second kappa shape index (κ2) is 10.5. The smallest absolute Gasteiger partial charge is 0.145 e. The van der Waals surface area contributed by atoms with Crippen LogP contribution in [0.15, 0.2) is 169 Å². The zero-order valence-electron chi connectivity index (χ0n) is 25.2. The van der Waals surface area contributed by atoms with Crippen LogP contribution in [0.3, 0.4) is 0 Å². The Kier molecular flexibility index (Phi) is 6.04. The minimum atomic E-state index is 0.739. The summed E-state index contributed by atoms with van der Waals surface area (Å²) in [6, 6.07) is 47.5. The van der Waals surface area contributed by atoms with E-state index in [1.54, 1.807) is 0 Å². The summed E-state index contributed by atoms with van der Waals surface area (Å²) < 4.78 is 9.01. The van der Waals surface area contributed by atoms with Crippen LogP contribution in [0.4, 0.5) is 11.4 Å². The van der Waals surface area contributed by atoms with Gasteiger partial charge in [0, 0.05) is 39.6 Å². The van der Waals surface area contributed by atoms with E-state index in [0.29, 0.717) is 0 Å². The summed E-state index contributed by atoms with van der Waals surface area (Å²) in [6.07, 6.45) is 8.47. The molecule has 0 aliphatic carbocycles. The molecule has 0 N–H and O–H groups in total. The maximum absolute atomic E-state index is 6.61. The monoisotopic (exact) mass is 590 g/mol. The largest absolute Gasteiger partial charge is 0.455 e. The molecule has 0 bridgehead atoms. The molecule has 0 fully saturated rings. The second-order valence-corrected chi connectivity index (χ2v) is 11.8. The van der Waals surface area contributed by atoms with E-state index >= 15 is 0 Å². The van der Waals surface area contributed by atoms with E-state index in [0.717, 1.165) is 78.5 Å². The van der Waals surface area contributed by atoms with Crippen LogP contribution in [0.2, 0.25) is 0 Å². The SMILES string of the molecule is C=C1/C=C\C=C/CN(c2ccccc2)c2cc(-n3c4cc(-c5ccccc5)ccc4c4c5oc6ccccc6c5ccc43)ccc21. The average molecular weight is 591 g/mol. The Morgan fingerprint density at radius 3 is 2.24 bits per heavy atom. The van der Waals surface area contributed by atoms with Gasteiger partial charge >= 0.3 is 0 Å². The van der Waals surface area contributed by atoms with Gasteiger partial charge < -0.3 is 13.9 Å². The van der Waals surface area contributed by atoms with Crippen LogP contribution < -0.4 is 4.90 Å². The lowest BCUT2D eigenvalue weighted by atomic mass is 10.0. The summed E-state index contributed by atoms with van der Waals surface area (Å²) in [4.78, 5) is 2.37. The van der Waals surface area contributed by atoms with E-state index in [1.807, 2.05) is 6.07 Å². The van der Waals surface area contributed by atoms with Crippen molar-refractivity contribution >= 4 is 60.7 Å². The lowest BCUT2D eigenvalue weighted by molar-refractivity contribution is 0.673. The molecule has 46 heavy (non-hydrogen) atoms. The number of anilines is 2. The zero-order valence-corrected chi connectivity index (χ0v) is 25.2. The van der Waals surface area contributed by atoms with Gasteiger partial charge in [0.05, 0.1) is 22.1 Å². The van der Waals surface area contributed by atoms with Crippen LogP contribution in [0.25, 0.3) is 66.1 Å². The van der Waals surface area contributed by atoms with Crippen molar-refractivity contribution in [1.82, 2.24) is 4.57 Å². The van der Waals surface area contributed by atoms with Gasteiger partial charge in [0.2, 0.25) is 0 Å². The fourth-order valence-corrected chi connectivity index (χ4v) is 6.98. The standard InChI is InChI=1S/C43H30N2O/c1-29-13-5-4-12-26-44(32-16-8-3-9-17-32)39-28-33(21-23-34(29)39)45-38-25-24-36-35-18-10-11-19-41(35)46-43(36)42(38)37-22-20-31(27-40(37)45)30-14-6-2-7-15-30/h2-25,27-28H,1,26H2/b12-4-,13-5-. The van der Waals surface area contributed by atoms with Crippen molar-refractivity contribution in [2.45, 2.75) is 0 Å². The van der Waals surface area contributed by atoms with E-state index in [2.05, 4.69) is 168 Å². The van der Waals surface area contributed by atoms with Crippen molar-refractivity contribution in [2.24, 2.45) is 0 Å². The Hall–Kier alpha value is -6.06. The number of rotatable bonds is 3. The summed E-state index contributed by atoms with van der Waals surface area (Å²) in [6.45, 7) is 5.19. The molecule has 3 heteroatoms. The van der Waals surface area contributed by atoms with Crippen LogP contribution in [0.5, 0.6) is 0 Å². The van der Waals surface area contributed by atoms with E-state index < -0.39 is 0 Å². The van der Waals surface area contributed by atoms with Gasteiger partial charge in [-0.15, -0.1) is 0 Å². The Balaban J connectivity index is 1.36. The molecule has 1 aliphatic heterocycles. The molecule has 9 rings (SSSR count). The minimum absolute atomic E-state index is 0.739. The molecule has 0 amide bonds. The van der Waals surface area contributed by atoms with Crippen molar-refractivity contribution in [3.05, 3.63) is 170 Å². The molecule has 0 unspecified atom stereocenters. The van der Waals surface area contributed by atoms with E-state index in [4.69, 9.17) is 4.42 Å². The summed E-state index contributed by atoms with van der Waals surface area (Å²) in [5.74, 6) is 0. The molecule has 0 atom stereocenters. The van der Waals surface area contributed by atoms with Gasteiger partial charge in [-0.1, -0.05) is 116 Å². The number of fused-ring (bicyclic) bond motifs is 8. The average Bonchev–Trinajstić information content (AvgIpc) is 3.67. The van der Waals surface area contributed by atoms with E-state index in [9.17, 15) is 0 Å². The third kappa shape index (κ3) is 4.13. The first-order valence-corrected chi connectivity index (χ1v) is 15.7. The summed E-state index contributed by atoms with van der Waals surface area (Å²) in [5, 5.41) is 4.56. The van der Waals surface area contributed by atoms with Crippen LogP contribution in [0, 0.1) is 0 Å². The van der Waals surface area contributed by atoms with Crippen LogP contribution in [-0.2, 0) is 0 Å². The number of para-hydroxylation sites is 2. The molecule has 6 aromatic carbocycles. The van der Waals surface area contributed by atoms with Gasteiger partial charge in [-0.2, -0.15) is 0 Å². The van der Waals surface area contributed by atoms with Crippen molar-refractivity contribution in [3.8, 4) is 16.8 Å². The highest BCUT2D eigenvalue weighted by molar-refractivity contribution is 6.24. The molecule has 3 heterocycles. The highest BCUT2D eigenvalue weighted by Crippen LogP contribution is 2.43. The van der Waals surface area contributed by atoms with Crippen LogP contribution in [0.1, 0.15) is 5.56 Å². The van der Waals surface area contributed by atoms with Crippen molar-refractivity contribution < 1.29 is 4.42 Å². The second-order valence-electron chi connectivity index (χ2n) is 11.8. The summed E-state index contributed by atoms with van der Waals surface area (Å²) in [7, 11) is 0. The number of aromatic nitrogens is 1. The molecule has 0 radical (unpaired) electrons. The van der Waals surface area contributed by atoms with Crippen molar-refractivity contribution in [1.29, 1.82) is 0 Å². The fourth-order valence-electron chi connectivity index (χ4n) is 6.98. The van der Waals surface area contributed by atoms with E-state index in [-0.39, 0.29) is 0 Å². The number of benzene rings is 6. The Morgan fingerprint density at radius 2 is 1.37 bits per heavy atom. The Bertz CT molecular complexity index is 2510. The summed E-state index contributed by atoms with van der Waals surface area (Å²) >= 11 is 0. The first-order chi connectivity index (χ1) is 22.7. The third-order valence-corrected chi connectivity index (χ3v) is 9.16. The number of furan rings is 1. The van der Waals surface area contributed by atoms with Crippen molar-refractivity contribution in [3.63, 3.8) is 0 Å². The molecule has 218 valence electrons. The molecular formula is C43H30N2O. The molecule has 0 saturated carbocycles. The molecular weight excluding hydrogens is 560 g/mol. The van der Waals surface area contributed by atoms with Crippen LogP contribution >= 0.6 is 0 Å². The highest BCUT2D eigenvalue weighted by atomic mass is 16.3. The molecule has 0 spiro atoms. The van der Waals surface area contributed by atoms with Gasteiger partial charge in [0.25, 0.3) is 0 Å². The maximum atomic E-state index is 6.61. The van der Waals surface area contributed by atoms with E-state index in [1.165, 1.54) is 11.1 Å². The quantitative estimate of drug-likeness (QED) is 0.204. The minimum Gasteiger partial charge on any atom is -0.455 e. The number of hydrogen-bond donors (Lipinski definition) is 0. The zero-order chi connectivity index (χ0) is 30.6. The molecule has 2 aromatic heterocycles. The molecule has 1 aliphatic rings. The molecule has 0 saturated heterocycles. The number of nitrogens with zero attached hydrogens (tertiary/aromatic N) is 2. The number of allylic oxidation sites excluding steroid dienone is 4. The Morgan fingerprint density at radius 1 is 0.587 bits per heavy atom. The maximum Gasteiger partial charge on any atom is 0.145 e. The van der Waals surface area contributed by atoms with Gasteiger partial charge in [0.1, 0.15) is 11.2 Å². The van der Waals surface area contributed by atoms with Gasteiger partial charge in [-0.25, -0.2) is 0 Å². The number of hydrogen-bond acceptors (Lipinski definition) is 2. The Labute approximate surface area is 267 Å². The lowest BCUT2D eigenvalue weighted by Gasteiger charge is -2.27. The predicted octanol–water partition coefficient (Wildman–Crippen LogP) is 11.6. The topological polar surface area (TPSA) is 21.3 Å². The van der Waals surface area contributed by atoms with Gasteiger partial charge in [-0.3, -0.25) is 0 Å². The normalized spacial score (nSPS) is 14.8. The highest BCUT2D eigenvalue weighted by Gasteiger charge is 2.21. The molecule has 3 nitrogen and oxygen atoms in total. The first-order valence-electron chi connectivity index (χ1n) is 15.7. The fraction of sp³-hybridized carbons (Fsp3) is 0.0233. The molecule has 8 aromatic rings. The first kappa shape index (κ1) is 26.4. The van der Waals surface area contributed by atoms with Crippen LogP contribution in [-0.4, -0.2) is 11.1 Å². The van der Waals surface area contributed by atoms with Gasteiger partial charge in [-0.05, 0) is 65.2 Å². The van der Waals surface area contributed by atoms with Crippen molar-refractivity contribution in [2.75, 3.05) is 11.4 Å². The summed E-state index contributed by atoms with van der Waals surface area (Å²) in [5.41, 5.74) is 11.9.